The van der Waals surface area contributed by atoms with Gasteiger partial charge in [0.05, 0.1) is 30.3 Å². The first-order valence-electron chi connectivity index (χ1n) is 12.0. The summed E-state index contributed by atoms with van der Waals surface area (Å²) in [4.78, 5) is 76.9. The number of rotatable bonds is 3. The molecule has 3 aliphatic carbocycles. The smallest absolute Gasteiger partial charge is 0.337 e. The Morgan fingerprint density at radius 1 is 1.05 bits per heavy atom. The van der Waals surface area contributed by atoms with E-state index in [2.05, 4.69) is 0 Å². The number of aliphatic hydroxyl groups is 2. The highest BCUT2D eigenvalue weighted by Crippen LogP contribution is 2.54. The molecule has 6 unspecified atom stereocenters. The summed E-state index contributed by atoms with van der Waals surface area (Å²) in [7, 11) is 1.23. The average Bonchev–Trinajstić information content (AvgIpc) is 2.90. The number of ketones is 4. The van der Waals surface area contributed by atoms with Crippen molar-refractivity contribution >= 4 is 46.7 Å². The van der Waals surface area contributed by atoms with Crippen LogP contribution >= 0.6 is 0 Å². The van der Waals surface area contributed by atoms with Gasteiger partial charge in [-0.25, -0.2) is 4.79 Å². The summed E-state index contributed by atoms with van der Waals surface area (Å²) >= 11 is 0. The van der Waals surface area contributed by atoms with Crippen molar-refractivity contribution in [3.05, 3.63) is 64.7 Å². The van der Waals surface area contributed by atoms with E-state index in [1.807, 2.05) is 0 Å². The number of ether oxygens (including phenoxy) is 1. The van der Waals surface area contributed by atoms with Crippen molar-refractivity contribution in [3.63, 3.8) is 0 Å². The van der Waals surface area contributed by atoms with E-state index in [0.29, 0.717) is 5.56 Å². The van der Waals surface area contributed by atoms with Gasteiger partial charge in [-0.15, -0.1) is 0 Å². The number of fused-ring (bicyclic) bond motifs is 3. The lowest BCUT2D eigenvalue weighted by molar-refractivity contribution is -0.185. The van der Waals surface area contributed by atoms with Crippen LogP contribution in [0.1, 0.15) is 38.3 Å². The number of aromatic hydroxyl groups is 1. The van der Waals surface area contributed by atoms with Crippen molar-refractivity contribution < 1.29 is 48.8 Å². The van der Waals surface area contributed by atoms with Gasteiger partial charge in [0, 0.05) is 18.3 Å². The maximum atomic E-state index is 13.8. The quantitative estimate of drug-likeness (QED) is 0.310. The van der Waals surface area contributed by atoms with Gasteiger partial charge in [-0.1, -0.05) is 30.3 Å². The third-order valence-electron chi connectivity index (χ3n) is 7.89. The van der Waals surface area contributed by atoms with E-state index >= 15 is 0 Å². The molecule has 2 saturated carbocycles. The van der Waals surface area contributed by atoms with Crippen LogP contribution in [0.15, 0.2) is 42.5 Å². The van der Waals surface area contributed by atoms with E-state index in [-0.39, 0.29) is 22.3 Å². The van der Waals surface area contributed by atoms with Crippen LogP contribution < -0.4 is 5.73 Å². The van der Waals surface area contributed by atoms with Crippen LogP contribution in [0.25, 0.3) is 11.6 Å². The fourth-order valence-electron chi connectivity index (χ4n) is 6.05. The standard InChI is InChI=1S/C28H23NO10/c1-39-27(37)12-7-5-11(6-8-12)9-14-13-3-2-4-16(30)18(13)23(33)21-19(14)22(32)15-10-17(31)20(26(29)36)24(34)28(15,38)25(21)35/h2-9,15,19-22,30,32,38H,10H2,1H3,(H2,29,36)/b14-9+. The molecule has 1 amide bonds. The zero-order chi connectivity index (χ0) is 28.4. The summed E-state index contributed by atoms with van der Waals surface area (Å²) in [5.41, 5.74) is 3.12. The predicted molar refractivity (Wildman–Crippen MR) is 132 cm³/mol. The minimum Gasteiger partial charge on any atom is -0.507 e. The first-order valence-corrected chi connectivity index (χ1v) is 12.0. The highest BCUT2D eigenvalue weighted by molar-refractivity contribution is 6.32. The van der Waals surface area contributed by atoms with E-state index in [9.17, 15) is 44.1 Å². The maximum absolute atomic E-state index is 13.8. The summed E-state index contributed by atoms with van der Waals surface area (Å²) in [6, 6.07) is 10.3. The van der Waals surface area contributed by atoms with E-state index in [1.165, 1.54) is 37.4 Å². The maximum Gasteiger partial charge on any atom is 0.337 e. The molecule has 200 valence electrons. The molecular weight excluding hydrogens is 510 g/mol. The molecule has 11 nitrogen and oxygen atoms in total. The first kappa shape index (κ1) is 26.1. The predicted octanol–water partition coefficient (Wildman–Crippen LogP) is 0.0824. The van der Waals surface area contributed by atoms with Gasteiger partial charge in [0.1, 0.15) is 5.75 Å². The number of amides is 1. The van der Waals surface area contributed by atoms with Gasteiger partial charge in [-0.05, 0) is 34.9 Å². The molecule has 0 aliphatic heterocycles. The summed E-state index contributed by atoms with van der Waals surface area (Å²) in [5, 5.41) is 33.5. The van der Waals surface area contributed by atoms with E-state index in [0.717, 1.165) is 0 Å². The lowest BCUT2D eigenvalue weighted by Crippen LogP contribution is -2.72. The normalized spacial score (nSPS) is 30.8. The molecule has 0 spiro atoms. The van der Waals surface area contributed by atoms with Crippen LogP contribution in [0.5, 0.6) is 5.75 Å². The first-order chi connectivity index (χ1) is 18.4. The SMILES string of the molecule is COC(=O)c1ccc(/C=C2\c3cccc(O)c3C(=O)C3C(=O)C4(O)C(=O)C(C(N)=O)C(=O)CC4C(O)C23)cc1. The molecule has 2 aromatic carbocycles. The molecule has 2 fully saturated rings. The monoisotopic (exact) mass is 533 g/mol. The number of esters is 1. The van der Waals surface area contributed by atoms with Crippen LogP contribution in [-0.4, -0.2) is 69.1 Å². The van der Waals surface area contributed by atoms with Crippen LogP contribution in [0.3, 0.4) is 0 Å². The number of carbonyl (C=O) groups is 6. The molecule has 0 heterocycles. The Balaban J connectivity index is 1.70. The largest absolute Gasteiger partial charge is 0.507 e. The topological polar surface area (TPSA) is 198 Å². The number of hydrogen-bond donors (Lipinski definition) is 4. The minimum absolute atomic E-state index is 0.207. The van der Waals surface area contributed by atoms with Crippen molar-refractivity contribution in [3.8, 4) is 5.75 Å². The van der Waals surface area contributed by atoms with Crippen molar-refractivity contribution in [2.24, 2.45) is 29.4 Å². The zero-order valence-corrected chi connectivity index (χ0v) is 20.5. The summed E-state index contributed by atoms with van der Waals surface area (Å²) in [5.74, 6) is -13.9. The fraction of sp³-hybridized carbons (Fsp3) is 0.286. The Morgan fingerprint density at radius 2 is 1.72 bits per heavy atom. The number of carbonyl (C=O) groups excluding carboxylic acids is 6. The van der Waals surface area contributed by atoms with Crippen LogP contribution in [-0.2, 0) is 23.9 Å². The number of primary amides is 1. The molecular formula is C28H23NO10. The van der Waals surface area contributed by atoms with Gasteiger partial charge in [0.25, 0.3) is 0 Å². The number of benzene rings is 2. The Kier molecular flexibility index (Phi) is 6.08. The van der Waals surface area contributed by atoms with Gasteiger partial charge < -0.3 is 25.8 Å². The molecule has 39 heavy (non-hydrogen) atoms. The molecule has 11 heteroatoms. The van der Waals surface area contributed by atoms with Gasteiger partial charge in [-0.2, -0.15) is 0 Å². The number of nitrogens with two attached hydrogens (primary N) is 1. The molecule has 5 N–H and O–H groups in total. The Bertz CT molecular complexity index is 1510. The Morgan fingerprint density at radius 3 is 2.33 bits per heavy atom. The Hall–Kier alpha value is -4.48. The second-order valence-electron chi connectivity index (χ2n) is 9.88. The van der Waals surface area contributed by atoms with Gasteiger partial charge in [0.15, 0.2) is 34.7 Å². The van der Waals surface area contributed by atoms with Crippen molar-refractivity contribution in [1.82, 2.24) is 0 Å². The molecule has 2 aromatic rings. The highest BCUT2D eigenvalue weighted by Gasteiger charge is 2.69. The molecule has 3 aliphatic rings. The van der Waals surface area contributed by atoms with Crippen molar-refractivity contribution in [2.75, 3.05) is 7.11 Å². The van der Waals surface area contributed by atoms with Crippen LogP contribution in [0.4, 0.5) is 0 Å². The summed E-state index contributed by atoms with van der Waals surface area (Å²) < 4.78 is 4.70. The average molecular weight is 533 g/mol. The molecule has 5 rings (SSSR count). The fourth-order valence-corrected chi connectivity index (χ4v) is 6.05. The third-order valence-corrected chi connectivity index (χ3v) is 7.89. The van der Waals surface area contributed by atoms with Gasteiger partial charge in [-0.3, -0.25) is 24.0 Å². The van der Waals surface area contributed by atoms with Crippen molar-refractivity contribution in [1.29, 1.82) is 0 Å². The van der Waals surface area contributed by atoms with Crippen LogP contribution in [0, 0.1) is 23.7 Å². The number of phenols is 1. The Labute approximate surface area is 220 Å². The number of hydrogen-bond acceptors (Lipinski definition) is 10. The van der Waals surface area contributed by atoms with Gasteiger partial charge >= 0.3 is 5.97 Å². The molecule has 6 atom stereocenters. The number of aliphatic hydroxyl groups excluding tert-OH is 1. The lowest BCUT2D eigenvalue weighted by atomic mass is 9.51. The van der Waals surface area contributed by atoms with Crippen molar-refractivity contribution in [2.45, 2.75) is 18.1 Å². The summed E-state index contributed by atoms with van der Waals surface area (Å²) in [6.45, 7) is 0. The molecule has 0 radical (unpaired) electrons. The number of methoxy groups -OCH3 is 1. The third kappa shape index (κ3) is 3.65. The summed E-state index contributed by atoms with van der Waals surface area (Å²) in [6.07, 6.45) is -0.906. The molecule has 0 aromatic heterocycles. The minimum atomic E-state index is -3.01. The van der Waals surface area contributed by atoms with E-state index in [1.54, 1.807) is 18.2 Å². The van der Waals surface area contributed by atoms with Gasteiger partial charge in [0.2, 0.25) is 5.91 Å². The zero-order valence-electron chi connectivity index (χ0n) is 20.5. The number of phenolic OH excluding ortho intramolecular Hbond substituents is 1. The number of Topliss-reactive ketones (excluding diaryl/α,β-unsaturated/α-hetero) is 4. The van der Waals surface area contributed by atoms with Crippen LogP contribution in [0.2, 0.25) is 0 Å². The second kappa shape index (κ2) is 9.07. The second-order valence-corrected chi connectivity index (χ2v) is 9.88. The molecule has 0 saturated heterocycles. The van der Waals surface area contributed by atoms with E-state index in [4.69, 9.17) is 10.5 Å². The highest BCUT2D eigenvalue weighted by atomic mass is 16.5. The lowest BCUT2D eigenvalue weighted by Gasteiger charge is -2.51. The van der Waals surface area contributed by atoms with E-state index < -0.39 is 82.6 Å². The molecule has 0 bridgehead atoms.